The molecule has 0 N–H and O–H groups in total. The molecule has 1 aromatic carbocycles. The number of hydrogen-bond donors (Lipinski definition) is 0. The van der Waals surface area contributed by atoms with E-state index in [-0.39, 0.29) is 5.78 Å². The van der Waals surface area contributed by atoms with Crippen molar-refractivity contribution in [1.29, 1.82) is 0 Å². The van der Waals surface area contributed by atoms with Gasteiger partial charge in [0.2, 0.25) is 0 Å². The van der Waals surface area contributed by atoms with Gasteiger partial charge in [-0.3, -0.25) is 4.79 Å². The SMILES string of the molecule is Cc1ccc(-n2c(C)cc(C(=O)CI)c2C)cc1. The van der Waals surface area contributed by atoms with Crippen LogP contribution in [-0.2, 0) is 0 Å². The molecule has 0 amide bonds. The quantitative estimate of drug-likeness (QED) is 0.464. The first-order valence-electron chi connectivity index (χ1n) is 5.89. The third kappa shape index (κ3) is 2.36. The van der Waals surface area contributed by atoms with Crippen LogP contribution in [0.5, 0.6) is 0 Å². The highest BCUT2D eigenvalue weighted by atomic mass is 127. The highest BCUT2D eigenvalue weighted by Gasteiger charge is 2.15. The summed E-state index contributed by atoms with van der Waals surface area (Å²) >= 11 is 2.11. The van der Waals surface area contributed by atoms with Gasteiger partial charge in [-0.25, -0.2) is 0 Å². The molecule has 0 atom stereocenters. The first kappa shape index (κ1) is 13.3. The molecule has 18 heavy (non-hydrogen) atoms. The zero-order valence-electron chi connectivity index (χ0n) is 10.8. The Hall–Kier alpha value is -1.10. The lowest BCUT2D eigenvalue weighted by atomic mass is 10.2. The summed E-state index contributed by atoms with van der Waals surface area (Å²) in [6, 6.07) is 10.3. The molecule has 2 nitrogen and oxygen atoms in total. The second-order valence-electron chi connectivity index (χ2n) is 4.51. The topological polar surface area (TPSA) is 22.0 Å². The van der Waals surface area contributed by atoms with Crippen molar-refractivity contribution in [2.45, 2.75) is 20.8 Å². The van der Waals surface area contributed by atoms with Gasteiger partial charge in [-0.15, -0.1) is 0 Å². The van der Waals surface area contributed by atoms with Gasteiger partial charge in [-0.2, -0.15) is 0 Å². The number of nitrogens with zero attached hydrogens (tertiary/aromatic N) is 1. The molecule has 0 unspecified atom stereocenters. The third-order valence-corrected chi connectivity index (χ3v) is 3.84. The monoisotopic (exact) mass is 353 g/mol. The Balaban J connectivity index is 2.55. The molecule has 0 aliphatic carbocycles. The molecule has 1 heterocycles. The largest absolute Gasteiger partial charge is 0.318 e. The highest BCUT2D eigenvalue weighted by molar-refractivity contribution is 14.1. The molecule has 0 radical (unpaired) electrons. The second-order valence-corrected chi connectivity index (χ2v) is 5.28. The maximum atomic E-state index is 11.9. The van der Waals surface area contributed by atoms with E-state index < -0.39 is 0 Å². The van der Waals surface area contributed by atoms with Crippen LogP contribution in [-0.4, -0.2) is 14.8 Å². The minimum Gasteiger partial charge on any atom is -0.318 e. The fraction of sp³-hybridized carbons (Fsp3) is 0.267. The maximum absolute atomic E-state index is 11.9. The standard InChI is InChI=1S/C15H16INO/c1-10-4-6-13(7-5-10)17-11(2)8-14(12(17)3)15(18)9-16/h4-8H,9H2,1-3H3. The summed E-state index contributed by atoms with van der Waals surface area (Å²) in [5.74, 6) is 0.196. The van der Waals surface area contributed by atoms with Crippen molar-refractivity contribution < 1.29 is 4.79 Å². The van der Waals surface area contributed by atoms with E-state index in [1.54, 1.807) is 0 Å². The van der Waals surface area contributed by atoms with Crippen LogP contribution >= 0.6 is 22.6 Å². The summed E-state index contributed by atoms with van der Waals surface area (Å²) in [6.07, 6.45) is 0. The van der Waals surface area contributed by atoms with Gasteiger partial charge in [-0.05, 0) is 39.0 Å². The van der Waals surface area contributed by atoms with Crippen LogP contribution in [0.1, 0.15) is 27.3 Å². The number of carbonyl (C=O) groups is 1. The first-order chi connectivity index (χ1) is 8.54. The molecular formula is C15H16INO. The Morgan fingerprint density at radius 1 is 1.17 bits per heavy atom. The molecule has 0 fully saturated rings. The predicted octanol–water partition coefficient (Wildman–Crippen LogP) is 4.02. The normalized spacial score (nSPS) is 10.7. The average Bonchev–Trinajstić information content (AvgIpc) is 2.65. The van der Waals surface area contributed by atoms with E-state index in [0.29, 0.717) is 4.43 Å². The zero-order valence-corrected chi connectivity index (χ0v) is 13.0. The van der Waals surface area contributed by atoms with Crippen LogP contribution in [0.3, 0.4) is 0 Å². The van der Waals surface area contributed by atoms with E-state index in [1.807, 2.05) is 19.9 Å². The Morgan fingerprint density at radius 3 is 2.33 bits per heavy atom. The summed E-state index contributed by atoms with van der Waals surface area (Å²) in [5, 5.41) is 0. The van der Waals surface area contributed by atoms with Crippen molar-refractivity contribution >= 4 is 28.4 Å². The van der Waals surface area contributed by atoms with E-state index in [0.717, 1.165) is 22.6 Å². The van der Waals surface area contributed by atoms with Gasteiger partial charge < -0.3 is 4.57 Å². The smallest absolute Gasteiger partial charge is 0.174 e. The van der Waals surface area contributed by atoms with Crippen molar-refractivity contribution in [3.05, 3.63) is 52.8 Å². The molecule has 0 aliphatic heterocycles. The van der Waals surface area contributed by atoms with E-state index in [1.165, 1.54) is 5.56 Å². The summed E-state index contributed by atoms with van der Waals surface area (Å²) in [5.41, 5.74) is 5.32. The van der Waals surface area contributed by atoms with Crippen LogP contribution in [0.2, 0.25) is 0 Å². The lowest BCUT2D eigenvalue weighted by molar-refractivity contribution is 0.102. The number of hydrogen-bond acceptors (Lipinski definition) is 1. The van der Waals surface area contributed by atoms with Crippen molar-refractivity contribution in [3.63, 3.8) is 0 Å². The summed E-state index contributed by atoms with van der Waals surface area (Å²) < 4.78 is 2.66. The molecule has 2 aromatic rings. The summed E-state index contributed by atoms with van der Waals surface area (Å²) in [4.78, 5) is 11.9. The first-order valence-corrected chi connectivity index (χ1v) is 7.42. The number of alkyl halides is 1. The zero-order chi connectivity index (χ0) is 13.3. The number of Topliss-reactive ketones (excluding diaryl/α,β-unsaturated/α-hetero) is 1. The second kappa shape index (κ2) is 5.26. The molecule has 0 saturated heterocycles. The van der Waals surface area contributed by atoms with Gasteiger partial charge in [0.15, 0.2) is 5.78 Å². The van der Waals surface area contributed by atoms with Crippen LogP contribution in [0.25, 0.3) is 5.69 Å². The van der Waals surface area contributed by atoms with E-state index in [9.17, 15) is 4.79 Å². The number of benzene rings is 1. The minimum atomic E-state index is 0.196. The summed E-state index contributed by atoms with van der Waals surface area (Å²) in [7, 11) is 0. The van der Waals surface area contributed by atoms with Crippen molar-refractivity contribution in [3.8, 4) is 5.69 Å². The van der Waals surface area contributed by atoms with Crippen molar-refractivity contribution in [2.75, 3.05) is 4.43 Å². The van der Waals surface area contributed by atoms with E-state index >= 15 is 0 Å². The number of rotatable bonds is 3. The molecule has 94 valence electrons. The molecule has 0 bridgehead atoms. The van der Waals surface area contributed by atoms with Gasteiger partial charge in [0.1, 0.15) is 0 Å². The van der Waals surface area contributed by atoms with Gasteiger partial charge in [0.05, 0.1) is 4.43 Å². The third-order valence-electron chi connectivity index (χ3n) is 3.15. The Bertz CT molecular complexity index is 581. The van der Waals surface area contributed by atoms with Crippen LogP contribution in [0.4, 0.5) is 0 Å². The lowest BCUT2D eigenvalue weighted by Gasteiger charge is -2.10. The van der Waals surface area contributed by atoms with Gasteiger partial charge in [0, 0.05) is 22.6 Å². The molecular weight excluding hydrogens is 337 g/mol. The lowest BCUT2D eigenvalue weighted by Crippen LogP contribution is -2.04. The van der Waals surface area contributed by atoms with Gasteiger partial charge in [0.25, 0.3) is 0 Å². The molecule has 2 rings (SSSR count). The molecule has 0 aliphatic rings. The fourth-order valence-electron chi connectivity index (χ4n) is 2.21. The number of carbonyl (C=O) groups excluding carboxylic acids is 1. The Kier molecular flexibility index (Phi) is 3.90. The number of halogens is 1. The van der Waals surface area contributed by atoms with Crippen LogP contribution in [0, 0.1) is 20.8 Å². The molecule has 1 aromatic heterocycles. The average molecular weight is 353 g/mol. The number of ketones is 1. The van der Waals surface area contributed by atoms with Crippen molar-refractivity contribution in [1.82, 2.24) is 4.57 Å². The fourth-order valence-corrected chi connectivity index (χ4v) is 2.62. The minimum absolute atomic E-state index is 0.196. The molecule has 0 saturated carbocycles. The molecule has 0 spiro atoms. The van der Waals surface area contributed by atoms with Gasteiger partial charge in [-0.1, -0.05) is 40.3 Å². The molecule has 3 heteroatoms. The van der Waals surface area contributed by atoms with E-state index in [2.05, 4.69) is 58.3 Å². The highest BCUT2D eigenvalue weighted by Crippen LogP contribution is 2.22. The van der Waals surface area contributed by atoms with Crippen LogP contribution < -0.4 is 0 Å². The maximum Gasteiger partial charge on any atom is 0.174 e. The van der Waals surface area contributed by atoms with E-state index in [4.69, 9.17) is 0 Å². The predicted molar refractivity (Wildman–Crippen MR) is 83.2 cm³/mol. The Labute approximate surface area is 121 Å². The Morgan fingerprint density at radius 2 is 1.78 bits per heavy atom. The van der Waals surface area contributed by atoms with Gasteiger partial charge >= 0.3 is 0 Å². The van der Waals surface area contributed by atoms with Crippen LogP contribution in [0.15, 0.2) is 30.3 Å². The number of aromatic nitrogens is 1. The number of aryl methyl sites for hydroxylation is 2. The summed E-state index contributed by atoms with van der Waals surface area (Å²) in [6.45, 7) is 6.12. The van der Waals surface area contributed by atoms with Crippen molar-refractivity contribution in [2.24, 2.45) is 0 Å².